The summed E-state index contributed by atoms with van der Waals surface area (Å²) in [5.41, 5.74) is 3.52. The molecule has 0 fully saturated rings. The summed E-state index contributed by atoms with van der Waals surface area (Å²) in [7, 11) is 1.25. The summed E-state index contributed by atoms with van der Waals surface area (Å²) >= 11 is 0. The number of aryl methyl sites for hydroxylation is 3. The van der Waals surface area contributed by atoms with E-state index in [2.05, 4.69) is 24.9 Å². The van der Waals surface area contributed by atoms with Gasteiger partial charge in [-0.3, -0.25) is 14.4 Å². The van der Waals surface area contributed by atoms with Crippen molar-refractivity contribution in [2.24, 2.45) is 0 Å². The van der Waals surface area contributed by atoms with Gasteiger partial charge in [-0.1, -0.05) is 6.42 Å². The first kappa shape index (κ1) is 21.5. The van der Waals surface area contributed by atoms with E-state index in [0.717, 1.165) is 43.0 Å². The zero-order valence-electron chi connectivity index (χ0n) is 18.1. The van der Waals surface area contributed by atoms with Gasteiger partial charge in [0.05, 0.1) is 12.7 Å². The van der Waals surface area contributed by atoms with Crippen LogP contribution in [0.4, 0.5) is 5.69 Å². The van der Waals surface area contributed by atoms with Crippen LogP contribution in [0.1, 0.15) is 51.5 Å². The summed E-state index contributed by atoms with van der Waals surface area (Å²) in [6, 6.07) is 8.18. The second-order valence-corrected chi connectivity index (χ2v) is 7.76. The van der Waals surface area contributed by atoms with Gasteiger partial charge in [-0.2, -0.15) is 0 Å². The SMILES string of the molecule is COC(=O)CNC(=O)c1ccc(NC(=O)c2cc(C)nc3c2nc2n3CCCCC2)cc1. The van der Waals surface area contributed by atoms with Gasteiger partial charge in [-0.25, -0.2) is 9.97 Å². The van der Waals surface area contributed by atoms with E-state index >= 15 is 0 Å². The summed E-state index contributed by atoms with van der Waals surface area (Å²) in [6.07, 6.45) is 4.22. The molecule has 9 nitrogen and oxygen atoms in total. The van der Waals surface area contributed by atoms with Crippen molar-refractivity contribution in [3.05, 3.63) is 53.0 Å². The molecule has 0 spiro atoms. The highest BCUT2D eigenvalue weighted by atomic mass is 16.5. The van der Waals surface area contributed by atoms with Gasteiger partial charge in [0.15, 0.2) is 5.65 Å². The van der Waals surface area contributed by atoms with Crippen LogP contribution in [0.25, 0.3) is 11.2 Å². The number of esters is 1. The number of nitrogens with zero attached hydrogens (tertiary/aromatic N) is 3. The van der Waals surface area contributed by atoms with Gasteiger partial charge in [0.2, 0.25) is 0 Å². The number of methoxy groups -OCH3 is 1. The standard InChI is InChI=1S/C23H25N5O4/c1-14-12-17(20-21(25-14)28-11-5-3-4-6-18(28)27-20)23(31)26-16-9-7-15(8-10-16)22(30)24-13-19(29)32-2/h7-10,12H,3-6,11,13H2,1-2H3,(H,24,30)(H,26,31). The van der Waals surface area contributed by atoms with Gasteiger partial charge in [0.1, 0.15) is 17.9 Å². The molecule has 3 aromatic rings. The van der Waals surface area contributed by atoms with Crippen molar-refractivity contribution in [2.45, 2.75) is 39.2 Å². The Balaban J connectivity index is 1.53. The minimum atomic E-state index is -0.530. The van der Waals surface area contributed by atoms with Crippen molar-refractivity contribution < 1.29 is 19.1 Å². The summed E-state index contributed by atoms with van der Waals surface area (Å²) < 4.78 is 6.63. The van der Waals surface area contributed by atoms with Crippen molar-refractivity contribution >= 4 is 34.6 Å². The molecule has 1 aliphatic rings. The van der Waals surface area contributed by atoms with Crippen LogP contribution in [0, 0.1) is 6.92 Å². The fraction of sp³-hybridized carbons (Fsp3) is 0.348. The number of hydrogen-bond donors (Lipinski definition) is 2. The van der Waals surface area contributed by atoms with E-state index in [1.54, 1.807) is 30.3 Å². The maximum absolute atomic E-state index is 13.1. The molecular weight excluding hydrogens is 410 g/mol. The van der Waals surface area contributed by atoms with Crippen LogP contribution in [0.5, 0.6) is 0 Å². The fourth-order valence-electron chi connectivity index (χ4n) is 3.82. The van der Waals surface area contributed by atoms with E-state index in [1.165, 1.54) is 13.5 Å². The van der Waals surface area contributed by atoms with Crippen LogP contribution in [-0.4, -0.2) is 46.0 Å². The summed E-state index contributed by atoms with van der Waals surface area (Å²) in [6.45, 7) is 2.53. The van der Waals surface area contributed by atoms with Gasteiger partial charge >= 0.3 is 5.97 Å². The molecule has 0 unspecified atom stereocenters. The summed E-state index contributed by atoms with van der Waals surface area (Å²) in [5.74, 6) is -0.236. The molecule has 4 rings (SSSR count). The van der Waals surface area contributed by atoms with Gasteiger partial charge in [0.25, 0.3) is 11.8 Å². The number of ether oxygens (including phenoxy) is 1. The van der Waals surface area contributed by atoms with Gasteiger partial charge in [-0.15, -0.1) is 0 Å². The lowest BCUT2D eigenvalue weighted by Gasteiger charge is -2.09. The zero-order valence-corrected chi connectivity index (χ0v) is 18.1. The minimum Gasteiger partial charge on any atom is -0.468 e. The zero-order chi connectivity index (χ0) is 22.7. The van der Waals surface area contributed by atoms with Gasteiger partial charge < -0.3 is 19.9 Å². The highest BCUT2D eigenvalue weighted by molar-refractivity contribution is 6.11. The van der Waals surface area contributed by atoms with Gasteiger partial charge in [-0.05, 0) is 50.1 Å². The number of fused-ring (bicyclic) bond motifs is 3. The van der Waals surface area contributed by atoms with Gasteiger partial charge in [0, 0.05) is 29.9 Å². The average molecular weight is 435 g/mol. The lowest BCUT2D eigenvalue weighted by atomic mass is 10.1. The molecule has 0 bridgehead atoms. The Hall–Kier alpha value is -3.75. The third kappa shape index (κ3) is 4.46. The van der Waals surface area contributed by atoms with Crippen LogP contribution in [0.15, 0.2) is 30.3 Å². The van der Waals surface area contributed by atoms with E-state index in [4.69, 9.17) is 4.98 Å². The van der Waals surface area contributed by atoms with E-state index in [1.807, 2.05) is 6.92 Å². The molecule has 2 aromatic heterocycles. The van der Waals surface area contributed by atoms with Crippen molar-refractivity contribution in [1.82, 2.24) is 19.9 Å². The maximum Gasteiger partial charge on any atom is 0.325 e. The molecule has 0 saturated carbocycles. The normalized spacial score (nSPS) is 13.2. The largest absolute Gasteiger partial charge is 0.468 e. The number of carbonyl (C=O) groups is 3. The fourth-order valence-corrected chi connectivity index (χ4v) is 3.82. The maximum atomic E-state index is 13.1. The predicted molar refractivity (Wildman–Crippen MR) is 119 cm³/mol. The second-order valence-electron chi connectivity index (χ2n) is 7.76. The van der Waals surface area contributed by atoms with Crippen molar-refractivity contribution in [2.75, 3.05) is 19.0 Å². The number of carbonyl (C=O) groups excluding carboxylic acids is 3. The number of nitrogens with one attached hydrogen (secondary N) is 2. The Morgan fingerprint density at radius 1 is 1.06 bits per heavy atom. The summed E-state index contributed by atoms with van der Waals surface area (Å²) in [4.78, 5) is 45.7. The molecule has 9 heteroatoms. The number of aromatic nitrogens is 3. The molecule has 1 aromatic carbocycles. The van der Waals surface area contributed by atoms with Crippen molar-refractivity contribution in [1.29, 1.82) is 0 Å². The number of anilines is 1. The molecule has 32 heavy (non-hydrogen) atoms. The Morgan fingerprint density at radius 3 is 2.59 bits per heavy atom. The van der Waals surface area contributed by atoms with Crippen LogP contribution in [-0.2, 0) is 22.5 Å². The van der Waals surface area contributed by atoms with Crippen LogP contribution in [0.2, 0.25) is 0 Å². The highest BCUT2D eigenvalue weighted by Crippen LogP contribution is 2.24. The number of imidazole rings is 1. The third-order valence-corrected chi connectivity index (χ3v) is 5.46. The first-order chi connectivity index (χ1) is 15.5. The first-order valence-electron chi connectivity index (χ1n) is 10.6. The summed E-state index contributed by atoms with van der Waals surface area (Å²) in [5, 5.41) is 5.35. The molecule has 0 saturated heterocycles. The van der Waals surface area contributed by atoms with E-state index in [0.29, 0.717) is 22.3 Å². The molecule has 0 atom stereocenters. The molecule has 0 aliphatic carbocycles. The van der Waals surface area contributed by atoms with E-state index in [9.17, 15) is 14.4 Å². The number of pyridine rings is 1. The molecule has 0 radical (unpaired) electrons. The number of rotatable bonds is 5. The lowest BCUT2D eigenvalue weighted by Crippen LogP contribution is -2.30. The molecule has 166 valence electrons. The Bertz CT molecular complexity index is 1180. The molecular formula is C23H25N5O4. The first-order valence-corrected chi connectivity index (χ1v) is 10.6. The molecule has 2 N–H and O–H groups in total. The smallest absolute Gasteiger partial charge is 0.325 e. The quantitative estimate of drug-likeness (QED) is 0.596. The van der Waals surface area contributed by atoms with E-state index in [-0.39, 0.29) is 12.5 Å². The van der Waals surface area contributed by atoms with Crippen LogP contribution >= 0.6 is 0 Å². The van der Waals surface area contributed by atoms with Crippen molar-refractivity contribution in [3.63, 3.8) is 0 Å². The molecule has 2 amide bonds. The average Bonchev–Trinajstić information content (AvgIpc) is 2.97. The minimum absolute atomic E-state index is 0.208. The number of hydrogen-bond acceptors (Lipinski definition) is 6. The lowest BCUT2D eigenvalue weighted by molar-refractivity contribution is -0.139. The Kier molecular flexibility index (Phi) is 6.16. The van der Waals surface area contributed by atoms with Crippen LogP contribution < -0.4 is 10.6 Å². The second kappa shape index (κ2) is 9.17. The number of amides is 2. The topological polar surface area (TPSA) is 115 Å². The van der Waals surface area contributed by atoms with E-state index < -0.39 is 11.9 Å². The highest BCUT2D eigenvalue weighted by Gasteiger charge is 2.21. The molecule has 1 aliphatic heterocycles. The molecule has 3 heterocycles. The third-order valence-electron chi connectivity index (χ3n) is 5.46. The predicted octanol–water partition coefficient (Wildman–Crippen LogP) is 2.62. The van der Waals surface area contributed by atoms with Crippen LogP contribution in [0.3, 0.4) is 0 Å². The Labute approximate surface area is 185 Å². The van der Waals surface area contributed by atoms with Crippen molar-refractivity contribution in [3.8, 4) is 0 Å². The number of benzene rings is 1. The Morgan fingerprint density at radius 2 is 1.84 bits per heavy atom. The monoisotopic (exact) mass is 435 g/mol.